The highest BCUT2D eigenvalue weighted by Crippen LogP contribution is 2.37. The zero-order valence-electron chi connectivity index (χ0n) is 16.2. The van der Waals surface area contributed by atoms with Crippen molar-refractivity contribution in [2.24, 2.45) is 5.73 Å². The first kappa shape index (κ1) is 19.9. The van der Waals surface area contributed by atoms with Crippen molar-refractivity contribution in [3.8, 4) is 5.75 Å². The lowest BCUT2D eigenvalue weighted by Gasteiger charge is -2.40. The van der Waals surface area contributed by atoms with Crippen LogP contribution in [0.15, 0.2) is 24.3 Å². The summed E-state index contributed by atoms with van der Waals surface area (Å²) in [6.45, 7) is -0.0520. The summed E-state index contributed by atoms with van der Waals surface area (Å²) in [7, 11) is 0. The van der Waals surface area contributed by atoms with Gasteiger partial charge in [0.05, 0.1) is 28.9 Å². The average Bonchev–Trinajstić information content (AvgIpc) is 3.25. The topological polar surface area (TPSA) is 178 Å². The number of carbonyl (C=O) groups excluding carboxylic acids is 2. The van der Waals surface area contributed by atoms with Crippen LogP contribution < -0.4 is 11.1 Å². The van der Waals surface area contributed by atoms with E-state index >= 15 is 0 Å². The van der Waals surface area contributed by atoms with Crippen molar-refractivity contribution in [1.29, 1.82) is 0 Å². The number of phenols is 1. The molecule has 0 unspecified atom stereocenters. The molecule has 3 aromatic rings. The fourth-order valence-electron chi connectivity index (χ4n) is 4.55. The van der Waals surface area contributed by atoms with Gasteiger partial charge in [0.25, 0.3) is 11.8 Å². The first-order valence-corrected chi connectivity index (χ1v) is 9.85. The van der Waals surface area contributed by atoms with Gasteiger partial charge in [0, 0.05) is 29.3 Å². The number of hydrogen-bond acceptors (Lipinski definition) is 8. The van der Waals surface area contributed by atoms with Gasteiger partial charge in [-0.2, -0.15) is 0 Å². The first-order chi connectivity index (χ1) is 14.8. The van der Waals surface area contributed by atoms with Crippen molar-refractivity contribution in [1.82, 2.24) is 10.3 Å². The highest BCUT2D eigenvalue weighted by atomic mass is 16.5. The van der Waals surface area contributed by atoms with Crippen LogP contribution in [-0.2, 0) is 11.2 Å². The van der Waals surface area contributed by atoms with Gasteiger partial charge < -0.3 is 35.9 Å². The number of rotatable bonds is 3. The molecule has 3 heterocycles. The number of aliphatic hydroxyl groups is 3. The molecule has 2 amide bonds. The average molecular weight is 427 g/mol. The highest BCUT2D eigenvalue weighted by Gasteiger charge is 2.43. The van der Waals surface area contributed by atoms with Gasteiger partial charge in [0.15, 0.2) is 0 Å². The predicted molar refractivity (Wildman–Crippen MR) is 109 cm³/mol. The Bertz CT molecular complexity index is 1230. The number of aromatic nitrogens is 1. The fraction of sp³-hybridized carbons (Fsp3) is 0.333. The minimum Gasteiger partial charge on any atom is -0.508 e. The molecule has 31 heavy (non-hydrogen) atoms. The van der Waals surface area contributed by atoms with Gasteiger partial charge >= 0.3 is 0 Å². The molecule has 0 saturated carbocycles. The normalized spacial score (nSPS) is 28.3. The molecule has 2 aromatic carbocycles. The van der Waals surface area contributed by atoms with Crippen LogP contribution in [-0.4, -0.2) is 74.3 Å². The molecule has 0 radical (unpaired) electrons. The van der Waals surface area contributed by atoms with Crippen LogP contribution in [0, 0.1) is 0 Å². The summed E-state index contributed by atoms with van der Waals surface area (Å²) >= 11 is 0. The summed E-state index contributed by atoms with van der Waals surface area (Å²) in [4.78, 5) is 28.1. The molecule has 2 aliphatic rings. The lowest BCUT2D eigenvalue weighted by molar-refractivity contribution is -0.218. The van der Waals surface area contributed by atoms with Gasteiger partial charge in [-0.15, -0.1) is 0 Å². The standard InChI is InChI=1S/C21H21N3O7/c22-6-13-18(27)19(28)17(26)12(31-13)4-7-3-10-15(21(30)24-20(10)29)14-9-5-8(25)1-2-11(9)23-16(7)14/h1-3,5,12-13,17-19,23,25-28H,4,6,22H2,(H,24,29,30)/t12-,13+,17-,18+,19+/m0/s1. The molecular formula is C21H21N3O7. The Morgan fingerprint density at radius 1 is 1.00 bits per heavy atom. The fourth-order valence-corrected chi connectivity index (χ4v) is 4.55. The molecule has 2 aliphatic heterocycles. The second-order valence-electron chi connectivity index (χ2n) is 7.97. The highest BCUT2D eigenvalue weighted by molar-refractivity contribution is 6.30. The number of imide groups is 1. The van der Waals surface area contributed by atoms with Crippen molar-refractivity contribution in [2.45, 2.75) is 36.9 Å². The Morgan fingerprint density at radius 2 is 1.74 bits per heavy atom. The van der Waals surface area contributed by atoms with Crippen molar-refractivity contribution in [2.75, 3.05) is 6.54 Å². The largest absolute Gasteiger partial charge is 0.508 e. The molecule has 10 heteroatoms. The van der Waals surface area contributed by atoms with Crippen LogP contribution in [0.25, 0.3) is 21.8 Å². The number of fused-ring (bicyclic) bond motifs is 5. The smallest absolute Gasteiger partial charge is 0.259 e. The molecule has 1 aromatic heterocycles. The molecule has 8 N–H and O–H groups in total. The van der Waals surface area contributed by atoms with Crippen molar-refractivity contribution in [3.63, 3.8) is 0 Å². The summed E-state index contributed by atoms with van der Waals surface area (Å²) in [5.41, 5.74) is 7.77. The summed E-state index contributed by atoms with van der Waals surface area (Å²) in [5.74, 6) is -1.07. The van der Waals surface area contributed by atoms with E-state index in [0.29, 0.717) is 27.4 Å². The van der Waals surface area contributed by atoms with Crippen molar-refractivity contribution in [3.05, 3.63) is 41.0 Å². The van der Waals surface area contributed by atoms with Crippen molar-refractivity contribution >= 4 is 33.6 Å². The molecule has 162 valence electrons. The maximum atomic E-state index is 12.5. The Hall–Kier alpha value is -3.02. The lowest BCUT2D eigenvalue weighted by Crippen LogP contribution is -2.59. The number of aliphatic hydroxyl groups excluding tert-OH is 3. The molecule has 5 rings (SSSR count). The second kappa shape index (κ2) is 7.01. The van der Waals surface area contributed by atoms with E-state index in [1.807, 2.05) is 0 Å². The Balaban J connectivity index is 1.69. The summed E-state index contributed by atoms with van der Waals surface area (Å²) in [6.07, 6.45) is -5.85. The molecule has 10 nitrogen and oxygen atoms in total. The van der Waals surface area contributed by atoms with Gasteiger partial charge in [-0.1, -0.05) is 0 Å². The lowest BCUT2D eigenvalue weighted by atomic mass is 9.89. The second-order valence-corrected chi connectivity index (χ2v) is 7.97. The van der Waals surface area contributed by atoms with Gasteiger partial charge in [-0.3, -0.25) is 14.9 Å². The quantitative estimate of drug-likeness (QED) is 0.267. The number of hydrogen-bond donors (Lipinski definition) is 7. The number of benzene rings is 2. The Labute approximate surface area is 175 Å². The number of aromatic hydroxyl groups is 1. The van der Waals surface area contributed by atoms with Gasteiger partial charge in [-0.05, 0) is 29.8 Å². The van der Waals surface area contributed by atoms with E-state index in [9.17, 15) is 30.0 Å². The number of ether oxygens (including phenoxy) is 1. The maximum absolute atomic E-state index is 12.5. The summed E-state index contributed by atoms with van der Waals surface area (Å²) in [6, 6.07) is 6.22. The number of H-pyrrole nitrogens is 1. The third-order valence-electron chi connectivity index (χ3n) is 6.10. The summed E-state index contributed by atoms with van der Waals surface area (Å²) < 4.78 is 5.74. The van der Waals surface area contributed by atoms with E-state index < -0.39 is 42.3 Å². The van der Waals surface area contributed by atoms with Gasteiger partial charge in [0.2, 0.25) is 0 Å². The first-order valence-electron chi connectivity index (χ1n) is 9.85. The number of aromatic amines is 1. The molecule has 1 fully saturated rings. The molecule has 1 saturated heterocycles. The van der Waals surface area contributed by atoms with E-state index in [1.165, 1.54) is 12.1 Å². The third-order valence-corrected chi connectivity index (χ3v) is 6.10. The van der Waals surface area contributed by atoms with E-state index in [0.717, 1.165) is 0 Å². The van der Waals surface area contributed by atoms with Crippen LogP contribution in [0.5, 0.6) is 5.75 Å². The van der Waals surface area contributed by atoms with Gasteiger partial charge in [-0.25, -0.2) is 0 Å². The Morgan fingerprint density at radius 3 is 2.48 bits per heavy atom. The van der Waals surface area contributed by atoms with E-state index in [2.05, 4.69) is 10.3 Å². The molecule has 0 aliphatic carbocycles. The number of phenolic OH excluding ortho intramolecular Hbond substituents is 1. The van der Waals surface area contributed by atoms with Crippen LogP contribution in [0.4, 0.5) is 0 Å². The van der Waals surface area contributed by atoms with Crippen LogP contribution in [0.2, 0.25) is 0 Å². The number of nitrogens with one attached hydrogen (secondary N) is 2. The maximum Gasteiger partial charge on any atom is 0.259 e. The number of amides is 2. The van der Waals surface area contributed by atoms with E-state index in [4.69, 9.17) is 10.5 Å². The van der Waals surface area contributed by atoms with E-state index in [-0.39, 0.29) is 29.8 Å². The summed E-state index contributed by atoms with van der Waals surface area (Å²) in [5, 5.41) is 44.0. The van der Waals surface area contributed by atoms with E-state index in [1.54, 1.807) is 12.1 Å². The van der Waals surface area contributed by atoms with Crippen LogP contribution in [0.1, 0.15) is 26.3 Å². The molecule has 5 atom stereocenters. The zero-order chi connectivity index (χ0) is 22.0. The zero-order valence-corrected chi connectivity index (χ0v) is 16.2. The predicted octanol–water partition coefficient (Wildman–Crippen LogP) is -0.738. The SMILES string of the molecule is NC[C@H]1O[C@@H](Cc2cc3c(c4c2[nH]c2ccc(O)cc24)C(=O)NC3=O)[C@H](O)[C@@H](O)[C@@H]1O. The van der Waals surface area contributed by atoms with Crippen LogP contribution >= 0.6 is 0 Å². The van der Waals surface area contributed by atoms with Crippen LogP contribution in [0.3, 0.4) is 0 Å². The monoisotopic (exact) mass is 427 g/mol. The molecule has 0 bridgehead atoms. The minimum atomic E-state index is -1.44. The number of nitrogens with two attached hydrogens (primary N) is 1. The van der Waals surface area contributed by atoms with Gasteiger partial charge in [0.1, 0.15) is 24.1 Å². The minimum absolute atomic E-state index is 0.00576. The number of carbonyl (C=O) groups is 2. The molecular weight excluding hydrogens is 406 g/mol. The third kappa shape index (κ3) is 2.92. The molecule has 0 spiro atoms. The van der Waals surface area contributed by atoms with Crippen molar-refractivity contribution < 1.29 is 34.8 Å². The Kier molecular flexibility index (Phi) is 4.50.